The number of carbonyl (C=O) groups is 1. The molecule has 4 rings (SSSR count). The first-order valence-corrected chi connectivity index (χ1v) is 8.45. The Kier molecular flexibility index (Phi) is 4.33. The highest BCUT2D eigenvalue weighted by atomic mass is 16.7. The normalized spacial score (nSPS) is 14.8. The zero-order valence-electron chi connectivity index (χ0n) is 14.8. The van der Waals surface area contributed by atoms with Crippen LogP contribution in [0.25, 0.3) is 17.4 Å². The van der Waals surface area contributed by atoms with Gasteiger partial charge in [0.2, 0.25) is 0 Å². The molecule has 0 N–H and O–H groups in total. The molecule has 0 saturated carbocycles. The number of benzene rings is 2. The van der Waals surface area contributed by atoms with E-state index in [9.17, 15) is 14.9 Å². The number of aryl methyl sites for hydroxylation is 1. The van der Waals surface area contributed by atoms with E-state index in [1.807, 2.05) is 37.3 Å². The molecule has 0 amide bonds. The molecule has 2 heterocycles. The van der Waals surface area contributed by atoms with E-state index >= 15 is 0 Å². The Balaban J connectivity index is 1.70. The standard InChI is InChI=1S/C21H14N2O5/c1-13-7-8-15(23(25)26)11-17(13)19-10-9-16(27-19)12-18-20(22-28-21(18)24)14-5-3-2-4-6-14/h2-12H,1H3/b18-12-. The molecule has 2 aromatic carbocycles. The SMILES string of the molecule is Cc1ccc([N+](=O)[O-])cc1-c1ccc(/C=C2\C(=O)ON=C2c2ccccc2)o1. The number of rotatable bonds is 4. The van der Waals surface area contributed by atoms with E-state index in [0.29, 0.717) is 22.8 Å². The summed E-state index contributed by atoms with van der Waals surface area (Å²) < 4.78 is 5.82. The molecule has 0 bridgehead atoms. The molecule has 1 aliphatic rings. The third-order valence-electron chi connectivity index (χ3n) is 4.35. The first-order valence-electron chi connectivity index (χ1n) is 8.45. The quantitative estimate of drug-likeness (QED) is 0.290. The van der Waals surface area contributed by atoms with Crippen molar-refractivity contribution in [3.8, 4) is 11.3 Å². The fraction of sp³-hybridized carbons (Fsp3) is 0.0476. The number of oxime groups is 1. The van der Waals surface area contributed by atoms with Crippen LogP contribution in [0.5, 0.6) is 0 Å². The first-order chi connectivity index (χ1) is 13.5. The van der Waals surface area contributed by atoms with Crippen molar-refractivity contribution in [2.45, 2.75) is 6.92 Å². The average molecular weight is 374 g/mol. The van der Waals surface area contributed by atoms with Crippen molar-refractivity contribution in [2.75, 3.05) is 0 Å². The summed E-state index contributed by atoms with van der Waals surface area (Å²) >= 11 is 0. The molecule has 28 heavy (non-hydrogen) atoms. The number of nitrogens with zero attached hydrogens (tertiary/aromatic N) is 2. The van der Waals surface area contributed by atoms with Crippen molar-refractivity contribution in [1.29, 1.82) is 0 Å². The average Bonchev–Trinajstić information content (AvgIpc) is 3.30. The van der Waals surface area contributed by atoms with Crippen molar-refractivity contribution in [1.82, 2.24) is 0 Å². The Morgan fingerprint density at radius 2 is 1.86 bits per heavy atom. The van der Waals surface area contributed by atoms with Gasteiger partial charge in [-0.2, -0.15) is 0 Å². The number of furan rings is 1. The predicted molar refractivity (Wildman–Crippen MR) is 103 cm³/mol. The molecule has 0 saturated heterocycles. The van der Waals surface area contributed by atoms with Crippen LogP contribution in [0.4, 0.5) is 5.69 Å². The maximum absolute atomic E-state index is 12.1. The monoisotopic (exact) mass is 374 g/mol. The van der Waals surface area contributed by atoms with Crippen LogP contribution in [-0.2, 0) is 9.63 Å². The summed E-state index contributed by atoms with van der Waals surface area (Å²) in [6, 6.07) is 17.2. The number of non-ortho nitro benzene ring substituents is 1. The Hall–Kier alpha value is -4.00. The van der Waals surface area contributed by atoms with Crippen LogP contribution in [-0.4, -0.2) is 16.6 Å². The second-order valence-electron chi connectivity index (χ2n) is 6.20. The Morgan fingerprint density at radius 3 is 2.61 bits per heavy atom. The maximum atomic E-state index is 12.1. The summed E-state index contributed by atoms with van der Waals surface area (Å²) in [4.78, 5) is 27.5. The van der Waals surface area contributed by atoms with Gasteiger partial charge >= 0.3 is 5.97 Å². The molecule has 0 aliphatic carbocycles. The predicted octanol–water partition coefficient (Wildman–Crippen LogP) is 4.51. The molecular weight excluding hydrogens is 360 g/mol. The minimum atomic E-state index is -0.566. The lowest BCUT2D eigenvalue weighted by molar-refractivity contribution is -0.384. The van der Waals surface area contributed by atoms with Crippen molar-refractivity contribution in [3.63, 3.8) is 0 Å². The highest BCUT2D eigenvalue weighted by Gasteiger charge is 2.27. The van der Waals surface area contributed by atoms with Gasteiger partial charge in [-0.1, -0.05) is 41.6 Å². The first kappa shape index (κ1) is 17.4. The molecule has 7 heteroatoms. The van der Waals surface area contributed by atoms with Gasteiger partial charge < -0.3 is 9.25 Å². The van der Waals surface area contributed by atoms with E-state index in [2.05, 4.69) is 5.16 Å². The third kappa shape index (κ3) is 3.21. The van der Waals surface area contributed by atoms with E-state index < -0.39 is 10.9 Å². The Bertz CT molecular complexity index is 1140. The lowest BCUT2D eigenvalue weighted by Gasteiger charge is -2.02. The van der Waals surface area contributed by atoms with Gasteiger partial charge in [0.25, 0.3) is 5.69 Å². The molecule has 0 spiro atoms. The van der Waals surface area contributed by atoms with E-state index in [1.165, 1.54) is 12.1 Å². The summed E-state index contributed by atoms with van der Waals surface area (Å²) in [6.07, 6.45) is 1.55. The molecular formula is C21H14N2O5. The van der Waals surface area contributed by atoms with Crippen LogP contribution < -0.4 is 0 Å². The molecule has 0 atom stereocenters. The van der Waals surface area contributed by atoms with Gasteiger partial charge in [-0.15, -0.1) is 0 Å². The highest BCUT2D eigenvalue weighted by Crippen LogP contribution is 2.30. The van der Waals surface area contributed by atoms with Crippen molar-refractivity contribution in [2.24, 2.45) is 5.16 Å². The lowest BCUT2D eigenvalue weighted by atomic mass is 10.0. The third-order valence-corrected chi connectivity index (χ3v) is 4.35. The maximum Gasteiger partial charge on any atom is 0.368 e. The van der Waals surface area contributed by atoms with Gasteiger partial charge in [0.1, 0.15) is 17.2 Å². The lowest BCUT2D eigenvalue weighted by Crippen LogP contribution is -2.06. The summed E-state index contributed by atoms with van der Waals surface area (Å²) in [5, 5.41) is 14.9. The number of carbonyl (C=O) groups excluding carboxylic acids is 1. The largest absolute Gasteiger partial charge is 0.457 e. The second-order valence-corrected chi connectivity index (χ2v) is 6.20. The fourth-order valence-electron chi connectivity index (χ4n) is 2.92. The van der Waals surface area contributed by atoms with E-state index in [0.717, 1.165) is 11.1 Å². The molecule has 1 aromatic heterocycles. The van der Waals surface area contributed by atoms with Crippen LogP contribution in [0.15, 0.2) is 75.8 Å². The number of nitro benzene ring substituents is 1. The second kappa shape index (κ2) is 6.96. The Labute approximate surface area is 159 Å². The van der Waals surface area contributed by atoms with Crippen LogP contribution in [0, 0.1) is 17.0 Å². The summed E-state index contributed by atoms with van der Waals surface area (Å²) in [7, 11) is 0. The highest BCUT2D eigenvalue weighted by molar-refractivity contribution is 6.31. The number of hydrogen-bond donors (Lipinski definition) is 0. The van der Waals surface area contributed by atoms with Gasteiger partial charge in [0.15, 0.2) is 0 Å². The van der Waals surface area contributed by atoms with Crippen LogP contribution in [0.3, 0.4) is 0 Å². The topological polar surface area (TPSA) is 94.9 Å². The molecule has 3 aromatic rings. The molecule has 7 nitrogen and oxygen atoms in total. The zero-order valence-corrected chi connectivity index (χ0v) is 14.8. The van der Waals surface area contributed by atoms with Crippen molar-refractivity contribution < 1.29 is 19.0 Å². The number of hydrogen-bond acceptors (Lipinski definition) is 6. The molecule has 138 valence electrons. The van der Waals surface area contributed by atoms with Crippen molar-refractivity contribution in [3.05, 3.63) is 93.2 Å². The number of nitro groups is 1. The smallest absolute Gasteiger partial charge is 0.368 e. The van der Waals surface area contributed by atoms with Gasteiger partial charge in [-0.3, -0.25) is 10.1 Å². The molecule has 0 fully saturated rings. The van der Waals surface area contributed by atoms with Gasteiger partial charge in [-0.05, 0) is 30.7 Å². The fourth-order valence-corrected chi connectivity index (χ4v) is 2.92. The van der Waals surface area contributed by atoms with Gasteiger partial charge in [0, 0.05) is 23.3 Å². The van der Waals surface area contributed by atoms with Crippen molar-refractivity contribution >= 4 is 23.4 Å². The van der Waals surface area contributed by atoms with Crippen LogP contribution in [0.1, 0.15) is 16.9 Å². The van der Waals surface area contributed by atoms with Crippen LogP contribution >= 0.6 is 0 Å². The zero-order chi connectivity index (χ0) is 19.7. The van der Waals surface area contributed by atoms with Crippen LogP contribution in [0.2, 0.25) is 0 Å². The molecule has 0 radical (unpaired) electrons. The minimum absolute atomic E-state index is 0.0187. The van der Waals surface area contributed by atoms with Gasteiger partial charge in [0.05, 0.1) is 10.5 Å². The minimum Gasteiger partial charge on any atom is -0.457 e. The summed E-state index contributed by atoms with van der Waals surface area (Å²) in [5.74, 6) is 0.319. The molecule has 1 aliphatic heterocycles. The van der Waals surface area contributed by atoms with E-state index in [-0.39, 0.29) is 11.3 Å². The van der Waals surface area contributed by atoms with Gasteiger partial charge in [-0.25, -0.2) is 4.79 Å². The summed E-state index contributed by atoms with van der Waals surface area (Å²) in [5.41, 5.74) is 2.89. The van der Waals surface area contributed by atoms with E-state index in [1.54, 1.807) is 24.3 Å². The summed E-state index contributed by atoms with van der Waals surface area (Å²) in [6.45, 7) is 1.84. The Morgan fingerprint density at radius 1 is 1.07 bits per heavy atom. The van der Waals surface area contributed by atoms with E-state index in [4.69, 9.17) is 9.25 Å². The molecule has 0 unspecified atom stereocenters.